The molecule has 2 heterocycles. The van der Waals surface area contributed by atoms with Crippen LogP contribution in [0.5, 0.6) is 11.8 Å². The van der Waals surface area contributed by atoms with Crippen LogP contribution in [0.1, 0.15) is 5.56 Å². The van der Waals surface area contributed by atoms with Crippen LogP contribution >= 0.6 is 23.8 Å². The molecule has 1 aliphatic heterocycles. The van der Waals surface area contributed by atoms with Crippen molar-refractivity contribution in [3.05, 3.63) is 95.0 Å². The van der Waals surface area contributed by atoms with E-state index in [1.807, 2.05) is 30.3 Å². The van der Waals surface area contributed by atoms with E-state index in [1.165, 1.54) is 15.7 Å². The summed E-state index contributed by atoms with van der Waals surface area (Å²) in [5, 5.41) is 14.6. The number of hydrogen-bond donors (Lipinski definition) is 1. The molecular formula is C24H15ClN6O3S. The van der Waals surface area contributed by atoms with Crippen LogP contribution in [0.2, 0.25) is 5.02 Å². The summed E-state index contributed by atoms with van der Waals surface area (Å²) in [5.74, 6) is -0.731. The highest BCUT2D eigenvalue weighted by atomic mass is 35.5. The summed E-state index contributed by atoms with van der Waals surface area (Å²) < 4.78 is 7.33. The van der Waals surface area contributed by atoms with Gasteiger partial charge in [-0.1, -0.05) is 47.0 Å². The molecule has 172 valence electrons. The van der Waals surface area contributed by atoms with Gasteiger partial charge in [-0.05, 0) is 82.8 Å². The molecule has 0 spiro atoms. The maximum atomic E-state index is 13.2. The second kappa shape index (κ2) is 9.45. The van der Waals surface area contributed by atoms with E-state index in [0.717, 1.165) is 5.69 Å². The van der Waals surface area contributed by atoms with Crippen LogP contribution in [-0.4, -0.2) is 37.1 Å². The number of benzene rings is 3. The van der Waals surface area contributed by atoms with Gasteiger partial charge in [-0.2, -0.15) is 4.68 Å². The van der Waals surface area contributed by atoms with Crippen molar-refractivity contribution in [2.24, 2.45) is 0 Å². The van der Waals surface area contributed by atoms with Gasteiger partial charge in [-0.3, -0.25) is 19.8 Å². The van der Waals surface area contributed by atoms with E-state index in [1.54, 1.807) is 48.5 Å². The molecule has 5 rings (SSSR count). The Morgan fingerprint density at radius 2 is 1.71 bits per heavy atom. The van der Waals surface area contributed by atoms with Crippen LogP contribution in [0, 0.1) is 0 Å². The molecule has 0 aliphatic carbocycles. The number of hydrogen-bond acceptors (Lipinski definition) is 7. The summed E-state index contributed by atoms with van der Waals surface area (Å²) in [6.07, 6.45) is 1.47. The molecule has 1 aromatic heterocycles. The maximum Gasteiger partial charge on any atom is 0.345 e. The number of para-hydroxylation sites is 1. The van der Waals surface area contributed by atoms with Gasteiger partial charge in [0.25, 0.3) is 11.8 Å². The Morgan fingerprint density at radius 3 is 2.49 bits per heavy atom. The van der Waals surface area contributed by atoms with Gasteiger partial charge in [-0.25, -0.2) is 0 Å². The quantitative estimate of drug-likeness (QED) is 0.250. The molecule has 11 heteroatoms. The number of nitrogens with one attached hydrogen (secondary N) is 1. The minimum Gasteiger partial charge on any atom is -0.423 e. The van der Waals surface area contributed by atoms with Crippen LogP contribution in [0.25, 0.3) is 11.8 Å². The van der Waals surface area contributed by atoms with Crippen molar-refractivity contribution in [3.8, 4) is 17.4 Å². The highest BCUT2D eigenvalue weighted by molar-refractivity contribution is 7.80. The van der Waals surface area contributed by atoms with E-state index in [2.05, 4.69) is 20.8 Å². The standard InChI is InChI=1S/C24H15ClN6O3S/c25-16-9-11-17(12-10-16)30-22(33)20(21(32)26-24(30)35)14-15-5-4-8-19(13-15)34-23-27-28-29-31(23)18-6-2-1-3-7-18/h1-14H,(H,26,32,35)/b20-14+. The predicted molar refractivity (Wildman–Crippen MR) is 133 cm³/mol. The van der Waals surface area contributed by atoms with Crippen molar-refractivity contribution in [1.82, 2.24) is 25.5 Å². The van der Waals surface area contributed by atoms with Gasteiger partial charge in [-0.15, -0.1) is 0 Å². The van der Waals surface area contributed by atoms with E-state index >= 15 is 0 Å². The molecule has 0 radical (unpaired) electrons. The second-order valence-corrected chi connectivity index (χ2v) is 8.14. The molecule has 0 bridgehead atoms. The third-order valence-corrected chi connectivity index (χ3v) is 5.54. The molecule has 1 N–H and O–H groups in total. The zero-order valence-corrected chi connectivity index (χ0v) is 19.4. The first-order chi connectivity index (χ1) is 17.0. The van der Waals surface area contributed by atoms with Crippen LogP contribution in [0.4, 0.5) is 5.69 Å². The fourth-order valence-electron chi connectivity index (χ4n) is 3.40. The summed E-state index contributed by atoms with van der Waals surface area (Å²) in [6.45, 7) is 0. The highest BCUT2D eigenvalue weighted by Crippen LogP contribution is 2.26. The molecule has 2 amide bonds. The van der Waals surface area contributed by atoms with Gasteiger partial charge >= 0.3 is 6.01 Å². The van der Waals surface area contributed by atoms with Gasteiger partial charge < -0.3 is 4.74 Å². The monoisotopic (exact) mass is 502 g/mol. The van der Waals surface area contributed by atoms with Crippen LogP contribution in [-0.2, 0) is 9.59 Å². The fraction of sp³-hybridized carbons (Fsp3) is 0. The van der Waals surface area contributed by atoms with E-state index in [-0.39, 0.29) is 16.7 Å². The Bertz CT molecular complexity index is 1470. The zero-order valence-electron chi connectivity index (χ0n) is 17.8. The first-order valence-electron chi connectivity index (χ1n) is 10.3. The molecule has 3 aromatic carbocycles. The molecule has 9 nitrogen and oxygen atoms in total. The molecular weight excluding hydrogens is 488 g/mol. The molecule has 1 fully saturated rings. The molecule has 0 unspecified atom stereocenters. The number of carbonyl (C=O) groups is 2. The zero-order chi connectivity index (χ0) is 24.4. The van der Waals surface area contributed by atoms with Crippen LogP contribution in [0.15, 0.2) is 84.4 Å². The lowest BCUT2D eigenvalue weighted by atomic mass is 10.1. The van der Waals surface area contributed by atoms with Crippen molar-refractivity contribution < 1.29 is 14.3 Å². The first kappa shape index (κ1) is 22.4. The Balaban J connectivity index is 1.43. The Labute approximate surface area is 209 Å². The van der Waals surface area contributed by atoms with E-state index in [4.69, 9.17) is 28.6 Å². The molecule has 1 aliphatic rings. The van der Waals surface area contributed by atoms with Gasteiger partial charge in [0.05, 0.1) is 11.4 Å². The van der Waals surface area contributed by atoms with Crippen LogP contribution in [0.3, 0.4) is 0 Å². The van der Waals surface area contributed by atoms with Crippen molar-refractivity contribution in [3.63, 3.8) is 0 Å². The van der Waals surface area contributed by atoms with Crippen molar-refractivity contribution in [2.75, 3.05) is 4.90 Å². The summed E-state index contributed by atoms with van der Waals surface area (Å²) in [6, 6.07) is 22.8. The lowest BCUT2D eigenvalue weighted by molar-refractivity contribution is -0.122. The smallest absolute Gasteiger partial charge is 0.345 e. The normalized spacial score (nSPS) is 14.8. The lowest BCUT2D eigenvalue weighted by Crippen LogP contribution is -2.54. The number of carbonyl (C=O) groups excluding carboxylic acids is 2. The van der Waals surface area contributed by atoms with E-state index in [9.17, 15) is 9.59 Å². The van der Waals surface area contributed by atoms with E-state index < -0.39 is 11.8 Å². The number of nitrogens with zero attached hydrogens (tertiary/aromatic N) is 5. The van der Waals surface area contributed by atoms with Gasteiger partial charge in [0.2, 0.25) is 0 Å². The number of aromatic nitrogens is 4. The molecule has 0 atom stereocenters. The molecule has 4 aromatic rings. The number of ether oxygens (including phenoxy) is 1. The maximum absolute atomic E-state index is 13.2. The Kier molecular flexibility index (Phi) is 6.04. The predicted octanol–water partition coefficient (Wildman–Crippen LogP) is 3.94. The summed E-state index contributed by atoms with van der Waals surface area (Å²) in [4.78, 5) is 27.0. The average molecular weight is 503 g/mol. The fourth-order valence-corrected chi connectivity index (χ4v) is 3.80. The van der Waals surface area contributed by atoms with Crippen molar-refractivity contribution >= 4 is 52.5 Å². The number of tetrazole rings is 1. The topological polar surface area (TPSA) is 102 Å². The minimum atomic E-state index is -0.593. The number of halogens is 1. The SMILES string of the molecule is O=C1NC(=S)N(c2ccc(Cl)cc2)C(=O)/C1=C/c1cccc(Oc2nnnn2-c2ccccc2)c1. The second-order valence-electron chi connectivity index (χ2n) is 7.32. The minimum absolute atomic E-state index is 0.00990. The molecule has 35 heavy (non-hydrogen) atoms. The number of rotatable bonds is 5. The highest BCUT2D eigenvalue weighted by Gasteiger charge is 2.34. The summed E-state index contributed by atoms with van der Waals surface area (Å²) in [7, 11) is 0. The number of anilines is 1. The van der Waals surface area contributed by atoms with Crippen molar-refractivity contribution in [1.29, 1.82) is 0 Å². The number of thiocarbonyl (C=S) groups is 1. The largest absolute Gasteiger partial charge is 0.423 e. The lowest BCUT2D eigenvalue weighted by Gasteiger charge is -2.28. The summed E-state index contributed by atoms with van der Waals surface area (Å²) in [5.41, 5.74) is 1.69. The van der Waals surface area contributed by atoms with E-state index in [0.29, 0.717) is 22.0 Å². The Hall–Kier alpha value is -4.41. The third-order valence-electron chi connectivity index (χ3n) is 5.01. The van der Waals surface area contributed by atoms with Gasteiger partial charge in [0, 0.05) is 5.02 Å². The van der Waals surface area contributed by atoms with Gasteiger partial charge in [0.15, 0.2) is 5.11 Å². The Morgan fingerprint density at radius 1 is 0.943 bits per heavy atom. The van der Waals surface area contributed by atoms with Gasteiger partial charge in [0.1, 0.15) is 11.3 Å². The molecule has 0 saturated carbocycles. The average Bonchev–Trinajstić information content (AvgIpc) is 3.32. The van der Waals surface area contributed by atoms with Crippen molar-refractivity contribution in [2.45, 2.75) is 0 Å². The third kappa shape index (κ3) is 4.65. The first-order valence-corrected chi connectivity index (χ1v) is 11.1. The van der Waals surface area contributed by atoms with Crippen LogP contribution < -0.4 is 15.0 Å². The molecule has 1 saturated heterocycles. The summed E-state index contributed by atoms with van der Waals surface area (Å²) >= 11 is 11.2. The number of amides is 2.